The fraction of sp³-hybridized carbons (Fsp3) is 0.500. The van der Waals surface area contributed by atoms with Crippen LogP contribution < -0.4 is 11.3 Å². The lowest BCUT2D eigenvalue weighted by molar-refractivity contribution is 0.358. The van der Waals surface area contributed by atoms with Gasteiger partial charge in [0.15, 0.2) is 0 Å². The van der Waals surface area contributed by atoms with Crippen LogP contribution in [0.4, 0.5) is 8.78 Å². The van der Waals surface area contributed by atoms with Crippen molar-refractivity contribution in [3.63, 3.8) is 0 Å². The van der Waals surface area contributed by atoms with Crippen LogP contribution in [0.5, 0.6) is 0 Å². The van der Waals surface area contributed by atoms with Gasteiger partial charge in [-0.3, -0.25) is 11.3 Å². The van der Waals surface area contributed by atoms with E-state index in [9.17, 15) is 8.78 Å². The summed E-state index contributed by atoms with van der Waals surface area (Å²) < 4.78 is 26.0. The zero-order valence-corrected chi connectivity index (χ0v) is 9.26. The predicted octanol–water partition coefficient (Wildman–Crippen LogP) is 2.14. The number of nitrogens with one attached hydrogen (secondary N) is 1. The van der Waals surface area contributed by atoms with Crippen molar-refractivity contribution in [3.05, 3.63) is 35.4 Å². The Morgan fingerprint density at radius 2 is 1.88 bits per heavy atom. The van der Waals surface area contributed by atoms with E-state index in [1.165, 1.54) is 12.1 Å². The highest BCUT2D eigenvalue weighted by Gasteiger charge is 2.44. The third kappa shape index (κ3) is 2.39. The second kappa shape index (κ2) is 4.11. The third-order valence-electron chi connectivity index (χ3n) is 3.44. The molecule has 1 aromatic carbocycles. The van der Waals surface area contributed by atoms with Gasteiger partial charge < -0.3 is 0 Å². The van der Waals surface area contributed by atoms with E-state index in [4.69, 9.17) is 5.84 Å². The molecule has 0 bridgehead atoms. The van der Waals surface area contributed by atoms with Gasteiger partial charge in [-0.2, -0.15) is 0 Å². The molecule has 0 radical (unpaired) electrons. The second-order valence-corrected chi connectivity index (χ2v) is 4.86. The maximum atomic E-state index is 13.0. The number of rotatable bonds is 4. The Bertz CT molecular complexity index is 368. The van der Waals surface area contributed by atoms with Gasteiger partial charge in [0.25, 0.3) is 0 Å². The first-order chi connectivity index (χ1) is 7.53. The summed E-state index contributed by atoms with van der Waals surface area (Å²) in [5.74, 6) is 4.41. The largest absolute Gasteiger partial charge is 0.271 e. The van der Waals surface area contributed by atoms with Gasteiger partial charge in [-0.15, -0.1) is 0 Å². The minimum absolute atomic E-state index is 0.0775. The molecule has 0 heterocycles. The van der Waals surface area contributed by atoms with Crippen molar-refractivity contribution in [3.8, 4) is 0 Å². The maximum absolute atomic E-state index is 13.0. The smallest absolute Gasteiger partial charge is 0.126 e. The van der Waals surface area contributed by atoms with Gasteiger partial charge in [0.1, 0.15) is 11.6 Å². The molecule has 0 aliphatic heterocycles. The zero-order chi connectivity index (χ0) is 11.8. The highest BCUT2D eigenvalue weighted by Crippen LogP contribution is 2.48. The summed E-state index contributed by atoms with van der Waals surface area (Å²) >= 11 is 0. The molecule has 1 atom stereocenters. The first-order valence-electron chi connectivity index (χ1n) is 5.44. The lowest BCUT2D eigenvalue weighted by Gasteiger charge is -2.22. The molecule has 0 amide bonds. The SMILES string of the molecule is CC1(C(Cc2cc(F)cc(F)c2)NN)CC1. The molecule has 0 saturated heterocycles. The van der Waals surface area contributed by atoms with Crippen LogP contribution >= 0.6 is 0 Å². The van der Waals surface area contributed by atoms with E-state index in [-0.39, 0.29) is 11.5 Å². The van der Waals surface area contributed by atoms with Crippen molar-refractivity contribution in [2.45, 2.75) is 32.2 Å². The van der Waals surface area contributed by atoms with Gasteiger partial charge >= 0.3 is 0 Å². The number of hydrogen-bond acceptors (Lipinski definition) is 2. The van der Waals surface area contributed by atoms with Crippen LogP contribution in [-0.2, 0) is 6.42 Å². The Morgan fingerprint density at radius 1 is 1.31 bits per heavy atom. The van der Waals surface area contributed by atoms with Gasteiger partial charge in [0, 0.05) is 12.1 Å². The minimum Gasteiger partial charge on any atom is -0.271 e. The number of halogens is 2. The van der Waals surface area contributed by atoms with Crippen LogP contribution in [0.15, 0.2) is 18.2 Å². The fourth-order valence-corrected chi connectivity index (χ4v) is 2.02. The average molecular weight is 226 g/mol. The van der Waals surface area contributed by atoms with E-state index >= 15 is 0 Å². The van der Waals surface area contributed by atoms with Crippen LogP contribution in [0.2, 0.25) is 0 Å². The molecule has 0 spiro atoms. The van der Waals surface area contributed by atoms with Gasteiger partial charge in [-0.25, -0.2) is 8.78 Å². The molecule has 1 unspecified atom stereocenters. The van der Waals surface area contributed by atoms with Crippen LogP contribution in [0, 0.1) is 17.0 Å². The first kappa shape index (κ1) is 11.5. The molecule has 1 aliphatic carbocycles. The van der Waals surface area contributed by atoms with Crippen molar-refractivity contribution in [2.75, 3.05) is 0 Å². The summed E-state index contributed by atoms with van der Waals surface area (Å²) in [6, 6.07) is 3.68. The van der Waals surface area contributed by atoms with Crippen molar-refractivity contribution >= 4 is 0 Å². The van der Waals surface area contributed by atoms with E-state index in [0.29, 0.717) is 12.0 Å². The van der Waals surface area contributed by atoms with Gasteiger partial charge in [-0.1, -0.05) is 6.92 Å². The minimum atomic E-state index is -0.535. The van der Waals surface area contributed by atoms with Crippen molar-refractivity contribution < 1.29 is 8.78 Å². The molecule has 0 aromatic heterocycles. The molecular formula is C12H16F2N2. The Hall–Kier alpha value is -1.00. The number of benzene rings is 1. The van der Waals surface area contributed by atoms with Crippen LogP contribution in [0.1, 0.15) is 25.3 Å². The van der Waals surface area contributed by atoms with Gasteiger partial charge in [0.05, 0.1) is 0 Å². The van der Waals surface area contributed by atoms with Gasteiger partial charge in [-0.05, 0) is 42.4 Å². The molecule has 2 nitrogen and oxygen atoms in total. The van der Waals surface area contributed by atoms with E-state index < -0.39 is 11.6 Å². The van der Waals surface area contributed by atoms with Crippen LogP contribution in [0.25, 0.3) is 0 Å². The predicted molar refractivity (Wildman–Crippen MR) is 58.5 cm³/mol. The third-order valence-corrected chi connectivity index (χ3v) is 3.44. The molecule has 3 N–H and O–H groups in total. The quantitative estimate of drug-likeness (QED) is 0.609. The van der Waals surface area contributed by atoms with Crippen LogP contribution in [-0.4, -0.2) is 6.04 Å². The van der Waals surface area contributed by atoms with Crippen molar-refractivity contribution in [2.24, 2.45) is 11.3 Å². The topological polar surface area (TPSA) is 38.0 Å². The summed E-state index contributed by atoms with van der Waals surface area (Å²) in [6.07, 6.45) is 2.78. The molecular weight excluding hydrogens is 210 g/mol. The number of nitrogens with two attached hydrogens (primary N) is 1. The summed E-state index contributed by atoms with van der Waals surface area (Å²) in [7, 11) is 0. The summed E-state index contributed by atoms with van der Waals surface area (Å²) in [5.41, 5.74) is 3.57. The Labute approximate surface area is 93.8 Å². The summed E-state index contributed by atoms with van der Waals surface area (Å²) in [6.45, 7) is 2.13. The van der Waals surface area contributed by atoms with Crippen LogP contribution in [0.3, 0.4) is 0 Å². The monoisotopic (exact) mass is 226 g/mol. The van der Waals surface area contributed by atoms with E-state index in [2.05, 4.69) is 12.3 Å². The Kier molecular flexibility index (Phi) is 2.95. The molecule has 1 aliphatic rings. The van der Waals surface area contributed by atoms with Crippen molar-refractivity contribution in [1.82, 2.24) is 5.43 Å². The maximum Gasteiger partial charge on any atom is 0.126 e. The second-order valence-electron chi connectivity index (χ2n) is 4.86. The lowest BCUT2D eigenvalue weighted by Crippen LogP contribution is -2.42. The molecule has 4 heteroatoms. The lowest BCUT2D eigenvalue weighted by atomic mass is 9.93. The molecule has 1 aromatic rings. The molecule has 1 saturated carbocycles. The summed E-state index contributed by atoms with van der Waals surface area (Å²) in [5, 5.41) is 0. The fourth-order valence-electron chi connectivity index (χ4n) is 2.02. The normalized spacial score (nSPS) is 19.5. The van der Waals surface area contributed by atoms with E-state index in [1.54, 1.807) is 0 Å². The Morgan fingerprint density at radius 3 is 2.31 bits per heavy atom. The highest BCUT2D eigenvalue weighted by atomic mass is 19.1. The standard InChI is InChI=1S/C12H16F2N2/c1-12(2-3-12)11(16-15)6-8-4-9(13)7-10(14)5-8/h4-5,7,11,16H,2-3,6,15H2,1H3. The van der Waals surface area contributed by atoms with Gasteiger partial charge in [0.2, 0.25) is 0 Å². The molecule has 2 rings (SSSR count). The van der Waals surface area contributed by atoms with E-state index in [1.807, 2.05) is 0 Å². The first-order valence-corrected chi connectivity index (χ1v) is 5.44. The Balaban J connectivity index is 2.12. The van der Waals surface area contributed by atoms with Crippen molar-refractivity contribution in [1.29, 1.82) is 0 Å². The number of hydrogen-bond donors (Lipinski definition) is 2. The molecule has 1 fully saturated rings. The zero-order valence-electron chi connectivity index (χ0n) is 9.26. The summed E-state index contributed by atoms with van der Waals surface area (Å²) in [4.78, 5) is 0. The number of hydrazine groups is 1. The molecule has 16 heavy (non-hydrogen) atoms. The van der Waals surface area contributed by atoms with E-state index in [0.717, 1.165) is 18.9 Å². The average Bonchev–Trinajstić information content (AvgIpc) is 2.92. The molecule has 88 valence electrons. The highest BCUT2D eigenvalue weighted by molar-refractivity contribution is 5.20.